The summed E-state index contributed by atoms with van der Waals surface area (Å²) in [6.07, 6.45) is -0.480. The van der Waals surface area contributed by atoms with E-state index in [-0.39, 0.29) is 5.41 Å². The van der Waals surface area contributed by atoms with Gasteiger partial charge >= 0.3 is 0 Å². The minimum atomic E-state index is -0.480. The maximum atomic E-state index is 10.4. The van der Waals surface area contributed by atoms with Crippen LogP contribution in [0.1, 0.15) is 49.1 Å². The van der Waals surface area contributed by atoms with Crippen LogP contribution in [-0.2, 0) is 12.0 Å². The minimum absolute atomic E-state index is 0.101. The zero-order valence-electron chi connectivity index (χ0n) is 14.1. The standard InChI is InChI=1S/C20H27NO/c1-15-8-5-6-9-17(15)13-21-14-19(22)16-10-7-11-18(12-16)20(2,3)4/h5-12,19,21-22H,13-14H2,1-4H3. The normalized spacial score (nSPS) is 13.1. The monoisotopic (exact) mass is 297 g/mol. The summed E-state index contributed by atoms with van der Waals surface area (Å²) in [6, 6.07) is 16.6. The van der Waals surface area contributed by atoms with Gasteiger partial charge in [-0.3, -0.25) is 0 Å². The lowest BCUT2D eigenvalue weighted by Crippen LogP contribution is -2.22. The molecule has 0 aliphatic rings. The van der Waals surface area contributed by atoms with Crippen molar-refractivity contribution in [3.8, 4) is 0 Å². The first-order valence-corrected chi connectivity index (χ1v) is 7.91. The van der Waals surface area contributed by atoms with Gasteiger partial charge in [0.1, 0.15) is 0 Å². The molecule has 118 valence electrons. The van der Waals surface area contributed by atoms with E-state index in [0.29, 0.717) is 6.54 Å². The first-order valence-electron chi connectivity index (χ1n) is 7.91. The first-order chi connectivity index (χ1) is 10.4. The molecule has 2 rings (SSSR count). The van der Waals surface area contributed by atoms with Crippen LogP contribution < -0.4 is 5.32 Å². The van der Waals surface area contributed by atoms with E-state index in [4.69, 9.17) is 0 Å². The smallest absolute Gasteiger partial charge is 0.0914 e. The second-order valence-electron chi connectivity index (χ2n) is 6.95. The van der Waals surface area contributed by atoms with Crippen molar-refractivity contribution in [2.45, 2.75) is 45.8 Å². The summed E-state index contributed by atoms with van der Waals surface area (Å²) in [7, 11) is 0. The molecule has 0 aliphatic carbocycles. The van der Waals surface area contributed by atoms with E-state index in [9.17, 15) is 5.11 Å². The van der Waals surface area contributed by atoms with E-state index in [0.717, 1.165) is 12.1 Å². The van der Waals surface area contributed by atoms with Crippen molar-refractivity contribution in [2.24, 2.45) is 0 Å². The number of aliphatic hydroxyl groups excluding tert-OH is 1. The number of hydrogen-bond donors (Lipinski definition) is 2. The summed E-state index contributed by atoms with van der Waals surface area (Å²) in [5, 5.41) is 13.7. The largest absolute Gasteiger partial charge is 0.387 e. The number of hydrogen-bond acceptors (Lipinski definition) is 2. The molecule has 1 unspecified atom stereocenters. The molecule has 0 aliphatic heterocycles. The lowest BCUT2D eigenvalue weighted by atomic mass is 9.85. The zero-order valence-corrected chi connectivity index (χ0v) is 14.1. The quantitative estimate of drug-likeness (QED) is 0.870. The molecule has 2 N–H and O–H groups in total. The molecule has 2 nitrogen and oxygen atoms in total. The maximum Gasteiger partial charge on any atom is 0.0914 e. The van der Waals surface area contributed by atoms with E-state index in [1.54, 1.807) is 0 Å². The lowest BCUT2D eigenvalue weighted by molar-refractivity contribution is 0.174. The fourth-order valence-corrected chi connectivity index (χ4v) is 2.48. The van der Waals surface area contributed by atoms with Crippen LogP contribution in [0.15, 0.2) is 48.5 Å². The lowest BCUT2D eigenvalue weighted by Gasteiger charge is -2.21. The van der Waals surface area contributed by atoms with Crippen LogP contribution in [0.3, 0.4) is 0 Å². The molecule has 0 saturated carbocycles. The Morgan fingerprint density at radius 2 is 1.77 bits per heavy atom. The summed E-state index contributed by atoms with van der Waals surface area (Å²) in [4.78, 5) is 0. The predicted octanol–water partition coefficient (Wildman–Crippen LogP) is 4.12. The van der Waals surface area contributed by atoms with Gasteiger partial charge in [0.2, 0.25) is 0 Å². The third kappa shape index (κ3) is 4.43. The number of aryl methyl sites for hydroxylation is 1. The molecule has 0 radical (unpaired) electrons. The SMILES string of the molecule is Cc1ccccc1CNCC(O)c1cccc(C(C)(C)C)c1. The second-order valence-corrected chi connectivity index (χ2v) is 6.95. The zero-order chi connectivity index (χ0) is 16.2. The second kappa shape index (κ2) is 7.08. The highest BCUT2D eigenvalue weighted by atomic mass is 16.3. The van der Waals surface area contributed by atoms with Gasteiger partial charge < -0.3 is 10.4 Å². The van der Waals surface area contributed by atoms with E-state index >= 15 is 0 Å². The third-order valence-corrected chi connectivity index (χ3v) is 4.05. The average molecular weight is 297 g/mol. The number of rotatable bonds is 5. The Bertz CT molecular complexity index is 613. The molecular formula is C20H27NO. The van der Waals surface area contributed by atoms with Crippen LogP contribution in [-0.4, -0.2) is 11.7 Å². The highest BCUT2D eigenvalue weighted by Gasteiger charge is 2.15. The summed E-state index contributed by atoms with van der Waals surface area (Å²) in [6.45, 7) is 10.0. The van der Waals surface area contributed by atoms with Gasteiger partial charge in [-0.05, 0) is 34.6 Å². The molecule has 0 aromatic heterocycles. The maximum absolute atomic E-state index is 10.4. The molecule has 0 heterocycles. The summed E-state index contributed by atoms with van der Waals surface area (Å²) >= 11 is 0. The third-order valence-electron chi connectivity index (χ3n) is 4.05. The van der Waals surface area contributed by atoms with Gasteiger partial charge in [0.15, 0.2) is 0 Å². The van der Waals surface area contributed by atoms with Crippen molar-refractivity contribution in [3.05, 3.63) is 70.8 Å². The van der Waals surface area contributed by atoms with Crippen LogP contribution in [0, 0.1) is 6.92 Å². The highest BCUT2D eigenvalue weighted by molar-refractivity contribution is 5.30. The minimum Gasteiger partial charge on any atom is -0.387 e. The van der Waals surface area contributed by atoms with Crippen LogP contribution in [0.25, 0.3) is 0 Å². The highest BCUT2D eigenvalue weighted by Crippen LogP contribution is 2.25. The van der Waals surface area contributed by atoms with Crippen molar-refractivity contribution in [2.75, 3.05) is 6.54 Å². The first kappa shape index (κ1) is 16.7. The Kier molecular flexibility index (Phi) is 5.38. The fourth-order valence-electron chi connectivity index (χ4n) is 2.48. The molecule has 2 heteroatoms. The predicted molar refractivity (Wildman–Crippen MR) is 93.0 cm³/mol. The Balaban J connectivity index is 1.95. The molecule has 0 spiro atoms. The summed E-state index contributed by atoms with van der Waals surface area (Å²) < 4.78 is 0. The summed E-state index contributed by atoms with van der Waals surface area (Å²) in [5.74, 6) is 0. The molecule has 2 aromatic rings. The topological polar surface area (TPSA) is 32.3 Å². The number of nitrogens with one attached hydrogen (secondary N) is 1. The van der Waals surface area contributed by atoms with Crippen LogP contribution in [0.5, 0.6) is 0 Å². The van der Waals surface area contributed by atoms with Crippen molar-refractivity contribution in [1.29, 1.82) is 0 Å². The Morgan fingerprint density at radius 3 is 2.45 bits per heavy atom. The van der Waals surface area contributed by atoms with Gasteiger partial charge in [-0.15, -0.1) is 0 Å². The molecule has 1 atom stereocenters. The molecule has 0 amide bonds. The number of benzene rings is 2. The van der Waals surface area contributed by atoms with Crippen LogP contribution in [0.4, 0.5) is 0 Å². The molecule has 0 fully saturated rings. The summed E-state index contributed by atoms with van der Waals surface area (Å²) in [5.41, 5.74) is 4.88. The van der Waals surface area contributed by atoms with Gasteiger partial charge in [0.25, 0.3) is 0 Å². The van der Waals surface area contributed by atoms with Crippen LogP contribution >= 0.6 is 0 Å². The Morgan fingerprint density at radius 1 is 1.05 bits per heavy atom. The van der Waals surface area contributed by atoms with E-state index in [1.807, 2.05) is 24.3 Å². The van der Waals surface area contributed by atoms with E-state index < -0.39 is 6.10 Å². The molecule has 0 saturated heterocycles. The van der Waals surface area contributed by atoms with Crippen molar-refractivity contribution < 1.29 is 5.11 Å². The Labute approximate surface area is 134 Å². The molecule has 22 heavy (non-hydrogen) atoms. The van der Waals surface area contributed by atoms with E-state index in [1.165, 1.54) is 16.7 Å². The van der Waals surface area contributed by atoms with Gasteiger partial charge in [-0.25, -0.2) is 0 Å². The number of aliphatic hydroxyl groups is 1. The van der Waals surface area contributed by atoms with Gasteiger partial charge in [0, 0.05) is 13.1 Å². The van der Waals surface area contributed by atoms with Crippen molar-refractivity contribution >= 4 is 0 Å². The van der Waals surface area contributed by atoms with Gasteiger partial charge in [0.05, 0.1) is 6.10 Å². The van der Waals surface area contributed by atoms with Gasteiger partial charge in [-0.1, -0.05) is 69.3 Å². The van der Waals surface area contributed by atoms with Gasteiger partial charge in [-0.2, -0.15) is 0 Å². The molecule has 0 bridgehead atoms. The fraction of sp³-hybridized carbons (Fsp3) is 0.400. The van der Waals surface area contributed by atoms with Crippen LogP contribution in [0.2, 0.25) is 0 Å². The Hall–Kier alpha value is -1.64. The molecule has 2 aromatic carbocycles. The van der Waals surface area contributed by atoms with Crippen molar-refractivity contribution in [3.63, 3.8) is 0 Å². The molecular weight excluding hydrogens is 270 g/mol. The van der Waals surface area contributed by atoms with E-state index in [2.05, 4.69) is 57.3 Å². The van der Waals surface area contributed by atoms with Crippen molar-refractivity contribution in [1.82, 2.24) is 5.32 Å². The average Bonchev–Trinajstić information content (AvgIpc) is 2.48.